The third-order valence-electron chi connectivity index (χ3n) is 4.80. The Hall–Kier alpha value is -2.17. The largest absolute Gasteiger partial charge is 0.481 e. The molecule has 0 saturated carbocycles. The van der Waals surface area contributed by atoms with Crippen LogP contribution >= 0.6 is 0 Å². The zero-order valence-corrected chi connectivity index (χ0v) is 14.6. The van der Waals surface area contributed by atoms with E-state index in [1.165, 1.54) is 22.3 Å². The average Bonchev–Trinajstić information content (AvgIpc) is 2.78. The van der Waals surface area contributed by atoms with Crippen molar-refractivity contribution in [3.63, 3.8) is 0 Å². The monoisotopic (exact) mass is 339 g/mol. The molecule has 0 amide bonds. The molecule has 4 heteroatoms. The molecule has 0 fully saturated rings. The number of carboxylic acid groups (broad SMARTS) is 1. The van der Waals surface area contributed by atoms with Crippen molar-refractivity contribution in [2.75, 3.05) is 26.7 Å². The van der Waals surface area contributed by atoms with Crippen LogP contribution in [0.1, 0.15) is 34.8 Å². The lowest BCUT2D eigenvalue weighted by molar-refractivity contribution is -0.137. The normalized spacial score (nSPS) is 14.0. The van der Waals surface area contributed by atoms with Crippen molar-refractivity contribution in [2.45, 2.75) is 25.4 Å². The first-order valence-electron chi connectivity index (χ1n) is 8.82. The maximum absolute atomic E-state index is 10.7. The topological polar surface area (TPSA) is 49.8 Å². The molecule has 2 aromatic rings. The Morgan fingerprint density at radius 2 is 1.60 bits per heavy atom. The first-order valence-corrected chi connectivity index (χ1v) is 8.82. The number of carboxylic acids is 1. The molecule has 132 valence electrons. The van der Waals surface area contributed by atoms with Crippen molar-refractivity contribution >= 4 is 5.97 Å². The van der Waals surface area contributed by atoms with Crippen molar-refractivity contribution in [1.82, 2.24) is 4.90 Å². The summed E-state index contributed by atoms with van der Waals surface area (Å²) in [4.78, 5) is 12.7. The Morgan fingerprint density at radius 3 is 2.16 bits per heavy atom. The van der Waals surface area contributed by atoms with Gasteiger partial charge in [-0.1, -0.05) is 48.5 Å². The number of fused-ring (bicyclic) bond motifs is 2. The molecule has 0 atom stereocenters. The second kappa shape index (κ2) is 8.28. The van der Waals surface area contributed by atoms with Gasteiger partial charge in [0.15, 0.2) is 0 Å². The van der Waals surface area contributed by atoms with Crippen molar-refractivity contribution in [1.29, 1.82) is 0 Å². The Bertz CT molecular complexity index is 681. The molecule has 1 N–H and O–H groups in total. The van der Waals surface area contributed by atoms with E-state index < -0.39 is 5.97 Å². The van der Waals surface area contributed by atoms with E-state index in [-0.39, 0.29) is 12.5 Å². The van der Waals surface area contributed by atoms with E-state index in [4.69, 9.17) is 9.84 Å². The molecule has 0 spiro atoms. The molecular formula is C21H25NO3. The van der Waals surface area contributed by atoms with Crippen LogP contribution in [-0.2, 0) is 22.4 Å². The lowest BCUT2D eigenvalue weighted by atomic mass is 9.97. The highest BCUT2D eigenvalue weighted by atomic mass is 16.5. The van der Waals surface area contributed by atoms with Crippen LogP contribution in [-0.4, -0.2) is 42.7 Å². The summed E-state index contributed by atoms with van der Waals surface area (Å²) in [6, 6.07) is 17.0. The second-order valence-electron chi connectivity index (χ2n) is 6.60. The standard InChI is InChI=1S/C21H25NO3/c1-22(13-12-20(23)24)14-15-25-21-18-8-4-2-6-16(18)10-11-17-7-3-5-9-19(17)21/h2-9,21H,10-15H2,1H3,(H,23,24). The first kappa shape index (κ1) is 17.6. The molecule has 0 radical (unpaired) electrons. The summed E-state index contributed by atoms with van der Waals surface area (Å²) in [5.41, 5.74) is 5.20. The zero-order valence-electron chi connectivity index (χ0n) is 14.6. The smallest absolute Gasteiger partial charge is 0.304 e. The van der Waals surface area contributed by atoms with Gasteiger partial charge < -0.3 is 14.7 Å². The van der Waals surface area contributed by atoms with Gasteiger partial charge in [0.05, 0.1) is 13.0 Å². The Balaban J connectivity index is 1.72. The Labute approximate surface area is 149 Å². The predicted octanol–water partition coefficient (Wildman–Crippen LogP) is 3.30. The molecule has 4 nitrogen and oxygen atoms in total. The maximum atomic E-state index is 10.7. The fourth-order valence-electron chi connectivity index (χ4n) is 3.38. The predicted molar refractivity (Wildman–Crippen MR) is 97.8 cm³/mol. The minimum atomic E-state index is -0.764. The van der Waals surface area contributed by atoms with E-state index in [1.807, 2.05) is 11.9 Å². The summed E-state index contributed by atoms with van der Waals surface area (Å²) < 4.78 is 6.30. The van der Waals surface area contributed by atoms with Gasteiger partial charge in [-0.05, 0) is 42.1 Å². The molecule has 0 unspecified atom stereocenters. The molecule has 25 heavy (non-hydrogen) atoms. The molecule has 1 aliphatic carbocycles. The van der Waals surface area contributed by atoms with Crippen molar-refractivity contribution in [2.24, 2.45) is 0 Å². The Morgan fingerprint density at radius 1 is 1.04 bits per heavy atom. The van der Waals surface area contributed by atoms with E-state index in [2.05, 4.69) is 48.5 Å². The van der Waals surface area contributed by atoms with E-state index in [1.54, 1.807) is 0 Å². The van der Waals surface area contributed by atoms with Crippen molar-refractivity contribution < 1.29 is 14.6 Å². The second-order valence-corrected chi connectivity index (χ2v) is 6.60. The molecule has 2 aromatic carbocycles. The molecule has 1 aliphatic rings. The van der Waals surface area contributed by atoms with E-state index in [9.17, 15) is 4.79 Å². The quantitative estimate of drug-likeness (QED) is 0.841. The molecule has 0 aliphatic heterocycles. The third kappa shape index (κ3) is 4.47. The summed E-state index contributed by atoms with van der Waals surface area (Å²) in [6.45, 7) is 1.83. The fourth-order valence-corrected chi connectivity index (χ4v) is 3.38. The molecule has 0 aromatic heterocycles. The molecule has 0 saturated heterocycles. The summed E-state index contributed by atoms with van der Waals surface area (Å²) >= 11 is 0. The van der Waals surface area contributed by atoms with Crippen LogP contribution in [0.2, 0.25) is 0 Å². The molecule has 0 bridgehead atoms. The highest BCUT2D eigenvalue weighted by Crippen LogP contribution is 2.34. The highest BCUT2D eigenvalue weighted by Gasteiger charge is 2.23. The maximum Gasteiger partial charge on any atom is 0.304 e. The SMILES string of the molecule is CN(CCOC1c2ccccc2CCc2ccccc21)CCC(=O)O. The van der Waals surface area contributed by atoms with Crippen LogP contribution in [0.5, 0.6) is 0 Å². The van der Waals surface area contributed by atoms with Crippen LogP contribution in [0.4, 0.5) is 0 Å². The van der Waals surface area contributed by atoms with Crippen LogP contribution in [0.3, 0.4) is 0 Å². The van der Waals surface area contributed by atoms with Gasteiger partial charge in [-0.2, -0.15) is 0 Å². The number of likely N-dealkylation sites (N-methyl/N-ethyl adjacent to an activating group) is 1. The average molecular weight is 339 g/mol. The van der Waals surface area contributed by atoms with Crippen LogP contribution in [0, 0.1) is 0 Å². The zero-order chi connectivity index (χ0) is 17.6. The molecular weight excluding hydrogens is 314 g/mol. The van der Waals surface area contributed by atoms with Gasteiger partial charge in [-0.15, -0.1) is 0 Å². The molecule has 0 heterocycles. The number of carbonyl (C=O) groups is 1. The number of benzene rings is 2. The number of hydrogen-bond acceptors (Lipinski definition) is 3. The van der Waals surface area contributed by atoms with Gasteiger partial charge in [0, 0.05) is 13.1 Å². The Kier molecular flexibility index (Phi) is 5.84. The van der Waals surface area contributed by atoms with Crippen molar-refractivity contribution in [3.8, 4) is 0 Å². The first-order chi connectivity index (χ1) is 12.1. The number of nitrogens with zero attached hydrogens (tertiary/aromatic N) is 1. The number of aliphatic carboxylic acids is 1. The van der Waals surface area contributed by atoms with E-state index >= 15 is 0 Å². The molecule has 3 rings (SSSR count). The summed E-state index contributed by atoms with van der Waals surface area (Å²) in [6.07, 6.45) is 2.17. The van der Waals surface area contributed by atoms with E-state index in [0.29, 0.717) is 19.7 Å². The minimum Gasteiger partial charge on any atom is -0.481 e. The van der Waals surface area contributed by atoms with Gasteiger partial charge in [0.25, 0.3) is 0 Å². The number of ether oxygens (including phenoxy) is 1. The van der Waals surface area contributed by atoms with Gasteiger partial charge in [0.2, 0.25) is 0 Å². The van der Waals surface area contributed by atoms with Gasteiger partial charge >= 0.3 is 5.97 Å². The van der Waals surface area contributed by atoms with Crippen LogP contribution in [0.15, 0.2) is 48.5 Å². The van der Waals surface area contributed by atoms with Crippen LogP contribution < -0.4 is 0 Å². The highest BCUT2D eigenvalue weighted by molar-refractivity contribution is 5.66. The summed E-state index contributed by atoms with van der Waals surface area (Å²) in [7, 11) is 1.93. The van der Waals surface area contributed by atoms with Gasteiger partial charge in [0.1, 0.15) is 6.10 Å². The third-order valence-corrected chi connectivity index (χ3v) is 4.80. The number of hydrogen-bond donors (Lipinski definition) is 1. The van der Waals surface area contributed by atoms with Gasteiger partial charge in [-0.3, -0.25) is 4.79 Å². The summed E-state index contributed by atoms with van der Waals surface area (Å²) in [5, 5.41) is 8.78. The summed E-state index contributed by atoms with van der Waals surface area (Å²) in [5.74, 6) is -0.764. The number of aryl methyl sites for hydroxylation is 2. The lowest BCUT2D eigenvalue weighted by Gasteiger charge is -2.23. The number of rotatable bonds is 7. The van der Waals surface area contributed by atoms with Crippen LogP contribution in [0.25, 0.3) is 0 Å². The van der Waals surface area contributed by atoms with Crippen molar-refractivity contribution in [3.05, 3.63) is 70.8 Å². The minimum absolute atomic E-state index is 0.0530. The fraction of sp³-hybridized carbons (Fsp3) is 0.381. The van der Waals surface area contributed by atoms with Gasteiger partial charge in [-0.25, -0.2) is 0 Å². The lowest BCUT2D eigenvalue weighted by Crippen LogP contribution is -2.26. The van der Waals surface area contributed by atoms with E-state index in [0.717, 1.165) is 12.8 Å².